The van der Waals surface area contributed by atoms with Crippen molar-refractivity contribution in [2.75, 3.05) is 6.61 Å². The van der Waals surface area contributed by atoms with Gasteiger partial charge in [-0.25, -0.2) is 4.79 Å². The van der Waals surface area contributed by atoms with Crippen LogP contribution in [-0.2, 0) is 14.3 Å². The summed E-state index contributed by atoms with van der Waals surface area (Å²) in [5.74, 6) is -0.580. The number of hydrogen-bond acceptors (Lipinski definition) is 5. The van der Waals surface area contributed by atoms with Gasteiger partial charge in [0, 0.05) is 23.8 Å². The Morgan fingerprint density at radius 1 is 1.08 bits per heavy atom. The highest BCUT2D eigenvalue weighted by Crippen LogP contribution is 2.24. The van der Waals surface area contributed by atoms with Crippen LogP contribution in [0.5, 0.6) is 0 Å². The molecular weight excluding hydrogens is 464 g/mol. The molecule has 0 aromatic rings. The molecule has 5 nitrogen and oxygen atoms in total. The van der Waals surface area contributed by atoms with Crippen molar-refractivity contribution in [1.29, 1.82) is 0 Å². The lowest BCUT2D eigenvalue weighted by atomic mass is 9.83. The summed E-state index contributed by atoms with van der Waals surface area (Å²) in [4.78, 5) is 24.4. The number of carbonyl (C=O) groups is 2. The number of aliphatic hydroxyl groups excluding tert-OH is 2. The zero-order chi connectivity index (χ0) is 28.1. The Hall–Kier alpha value is -2.50. The summed E-state index contributed by atoms with van der Waals surface area (Å²) >= 11 is 0. The van der Waals surface area contributed by atoms with E-state index >= 15 is 0 Å². The van der Waals surface area contributed by atoms with E-state index in [1.54, 1.807) is 13.0 Å². The molecule has 0 fully saturated rings. The molecule has 37 heavy (non-hydrogen) atoms. The molecule has 0 radical (unpaired) electrons. The van der Waals surface area contributed by atoms with Gasteiger partial charge >= 0.3 is 5.97 Å². The lowest BCUT2D eigenvalue weighted by molar-refractivity contribution is -0.143. The second-order valence-corrected chi connectivity index (χ2v) is 10.8. The van der Waals surface area contributed by atoms with Gasteiger partial charge in [-0.05, 0) is 51.5 Å². The van der Waals surface area contributed by atoms with Gasteiger partial charge in [0.25, 0.3) is 0 Å². The van der Waals surface area contributed by atoms with Crippen LogP contribution < -0.4 is 0 Å². The molecule has 1 aliphatic heterocycles. The Labute approximate surface area is 224 Å². The van der Waals surface area contributed by atoms with Crippen molar-refractivity contribution in [2.24, 2.45) is 29.6 Å². The van der Waals surface area contributed by atoms with Crippen LogP contribution in [0.2, 0.25) is 0 Å². The first-order valence-corrected chi connectivity index (χ1v) is 13.4. The van der Waals surface area contributed by atoms with Crippen molar-refractivity contribution < 1.29 is 24.5 Å². The normalized spacial score (nSPS) is 23.7. The largest absolute Gasteiger partial charge is 0.454 e. The van der Waals surface area contributed by atoms with E-state index in [4.69, 9.17) is 9.84 Å². The SMILES string of the molecule is CC(C=CC1OC(=O)C=CC1C)=CC(C)CC=CC(C)=CC(C)C(=O)C(C)C(O)C(C)CC(C)=CCO. The smallest absolute Gasteiger partial charge is 0.331 e. The Balaban J connectivity index is 2.62. The third kappa shape index (κ3) is 12.1. The highest BCUT2D eigenvalue weighted by molar-refractivity contribution is 5.85. The van der Waals surface area contributed by atoms with E-state index in [1.165, 1.54) is 6.08 Å². The van der Waals surface area contributed by atoms with Crippen molar-refractivity contribution in [1.82, 2.24) is 0 Å². The second-order valence-electron chi connectivity index (χ2n) is 10.8. The van der Waals surface area contributed by atoms with E-state index in [9.17, 15) is 14.7 Å². The van der Waals surface area contributed by atoms with Gasteiger partial charge in [0.15, 0.2) is 0 Å². The fourth-order valence-corrected chi connectivity index (χ4v) is 4.60. The molecule has 0 amide bonds. The van der Waals surface area contributed by atoms with Crippen LogP contribution in [0.4, 0.5) is 0 Å². The summed E-state index contributed by atoms with van der Waals surface area (Å²) in [7, 11) is 0. The summed E-state index contributed by atoms with van der Waals surface area (Å²) in [6, 6.07) is 0. The number of esters is 1. The topological polar surface area (TPSA) is 83.8 Å². The summed E-state index contributed by atoms with van der Waals surface area (Å²) in [6.07, 6.45) is 17.9. The standard InChI is InChI=1S/C32H48O5/c1-21(18-23(3)12-14-29-25(5)13-15-30(34)37-29)10-9-11-22(2)19-26(6)31(35)28(8)32(36)27(7)20-24(4)16-17-33/h9,11-16,18-19,21,25-29,32-33,36H,10,17,20H2,1-8H3. The van der Waals surface area contributed by atoms with E-state index in [-0.39, 0.29) is 42.2 Å². The highest BCUT2D eigenvalue weighted by Gasteiger charge is 2.29. The van der Waals surface area contributed by atoms with Gasteiger partial charge < -0.3 is 14.9 Å². The lowest BCUT2D eigenvalue weighted by Crippen LogP contribution is -2.34. The quantitative estimate of drug-likeness (QED) is 0.162. The van der Waals surface area contributed by atoms with Crippen molar-refractivity contribution in [3.05, 3.63) is 71.4 Å². The van der Waals surface area contributed by atoms with Gasteiger partial charge in [-0.3, -0.25) is 4.79 Å². The molecule has 206 valence electrons. The molecule has 7 unspecified atom stereocenters. The Morgan fingerprint density at radius 3 is 2.38 bits per heavy atom. The molecule has 0 saturated heterocycles. The Morgan fingerprint density at radius 2 is 1.73 bits per heavy atom. The first kappa shape index (κ1) is 32.5. The van der Waals surface area contributed by atoms with Gasteiger partial charge in [-0.1, -0.05) is 93.9 Å². The monoisotopic (exact) mass is 512 g/mol. The number of Topliss-reactive ketones (excluding diaryl/α,β-unsaturated/α-hetero) is 1. The van der Waals surface area contributed by atoms with Crippen LogP contribution in [-0.4, -0.2) is 40.8 Å². The average Bonchev–Trinajstić information content (AvgIpc) is 2.83. The Bertz CT molecular complexity index is 933. The first-order valence-electron chi connectivity index (χ1n) is 13.4. The van der Waals surface area contributed by atoms with Crippen molar-refractivity contribution in [3.8, 4) is 0 Å². The highest BCUT2D eigenvalue weighted by atomic mass is 16.5. The van der Waals surface area contributed by atoms with E-state index in [2.05, 4.69) is 19.1 Å². The van der Waals surface area contributed by atoms with Gasteiger partial charge in [0.2, 0.25) is 0 Å². The predicted octanol–water partition coefficient (Wildman–Crippen LogP) is 6.30. The predicted molar refractivity (Wildman–Crippen MR) is 152 cm³/mol. The fourth-order valence-electron chi connectivity index (χ4n) is 4.60. The molecule has 2 N–H and O–H groups in total. The molecule has 0 spiro atoms. The van der Waals surface area contributed by atoms with E-state index in [1.807, 2.05) is 71.9 Å². The molecule has 0 aromatic carbocycles. The average molecular weight is 513 g/mol. The first-order chi connectivity index (χ1) is 17.3. The van der Waals surface area contributed by atoms with Crippen LogP contribution in [0.1, 0.15) is 68.2 Å². The van der Waals surface area contributed by atoms with Gasteiger partial charge in [-0.15, -0.1) is 0 Å². The number of rotatable bonds is 14. The molecular formula is C32H48O5. The minimum absolute atomic E-state index is 0.0140. The zero-order valence-corrected chi connectivity index (χ0v) is 24.0. The maximum atomic E-state index is 12.9. The molecule has 1 rings (SSSR count). The fraction of sp³-hybridized carbons (Fsp3) is 0.562. The number of cyclic esters (lactones) is 1. The van der Waals surface area contributed by atoms with E-state index in [0.717, 1.165) is 23.1 Å². The third-order valence-electron chi connectivity index (χ3n) is 6.88. The molecule has 0 saturated carbocycles. The summed E-state index contributed by atoms with van der Waals surface area (Å²) < 4.78 is 5.35. The van der Waals surface area contributed by atoms with Gasteiger partial charge in [-0.2, -0.15) is 0 Å². The van der Waals surface area contributed by atoms with E-state index < -0.39 is 12.0 Å². The van der Waals surface area contributed by atoms with E-state index in [0.29, 0.717) is 12.3 Å². The van der Waals surface area contributed by atoms with Crippen molar-refractivity contribution in [3.63, 3.8) is 0 Å². The number of carbonyl (C=O) groups excluding carboxylic acids is 2. The molecule has 0 bridgehead atoms. The second kappa shape index (κ2) is 16.4. The van der Waals surface area contributed by atoms with Crippen molar-refractivity contribution >= 4 is 11.8 Å². The summed E-state index contributed by atoms with van der Waals surface area (Å²) in [6.45, 7) is 15.7. The number of allylic oxidation sites excluding steroid dienone is 8. The van der Waals surface area contributed by atoms with Crippen LogP contribution in [0, 0.1) is 29.6 Å². The van der Waals surface area contributed by atoms with Gasteiger partial charge in [0.05, 0.1) is 12.7 Å². The maximum Gasteiger partial charge on any atom is 0.331 e. The Kier molecular flexibility index (Phi) is 14.4. The zero-order valence-electron chi connectivity index (χ0n) is 24.0. The third-order valence-corrected chi connectivity index (χ3v) is 6.88. The number of hydrogen-bond donors (Lipinski definition) is 2. The number of ether oxygens (including phenoxy) is 1. The lowest BCUT2D eigenvalue weighted by Gasteiger charge is -2.25. The van der Waals surface area contributed by atoms with Crippen LogP contribution in [0.3, 0.4) is 0 Å². The molecule has 5 heteroatoms. The molecule has 0 aromatic heterocycles. The van der Waals surface area contributed by atoms with Crippen LogP contribution in [0.25, 0.3) is 0 Å². The molecule has 1 heterocycles. The van der Waals surface area contributed by atoms with Crippen LogP contribution in [0.15, 0.2) is 71.4 Å². The van der Waals surface area contributed by atoms with Crippen LogP contribution >= 0.6 is 0 Å². The number of aliphatic hydroxyl groups is 2. The minimum Gasteiger partial charge on any atom is -0.454 e. The van der Waals surface area contributed by atoms with Crippen molar-refractivity contribution in [2.45, 2.75) is 80.4 Å². The number of ketones is 1. The molecule has 1 aliphatic rings. The van der Waals surface area contributed by atoms with Gasteiger partial charge in [0.1, 0.15) is 11.9 Å². The summed E-state index contributed by atoms with van der Waals surface area (Å²) in [5, 5.41) is 19.7. The maximum absolute atomic E-state index is 12.9. The minimum atomic E-state index is -0.726. The molecule has 0 aliphatic carbocycles. The molecule has 7 atom stereocenters. The summed E-state index contributed by atoms with van der Waals surface area (Å²) in [5.41, 5.74) is 3.15.